The van der Waals surface area contributed by atoms with Gasteiger partial charge in [0.1, 0.15) is 0 Å². The van der Waals surface area contributed by atoms with Crippen molar-refractivity contribution in [1.29, 1.82) is 0 Å². The van der Waals surface area contributed by atoms with Crippen molar-refractivity contribution in [3.8, 4) is 0 Å². The maximum atomic E-state index is 12.6. The van der Waals surface area contributed by atoms with E-state index in [4.69, 9.17) is 0 Å². The molecule has 0 amide bonds. The first-order valence-electron chi connectivity index (χ1n) is 7.49. The minimum atomic E-state index is -3.32. The Morgan fingerprint density at radius 3 is 2.26 bits per heavy atom. The van der Waals surface area contributed by atoms with Crippen LogP contribution in [0.15, 0.2) is 0 Å². The average molecular weight is 290 g/mol. The second-order valence-corrected chi connectivity index (χ2v) is 7.63. The van der Waals surface area contributed by atoms with Crippen LogP contribution < -0.4 is 0 Å². The van der Waals surface area contributed by atoms with E-state index in [1.807, 2.05) is 6.92 Å². The van der Waals surface area contributed by atoms with E-state index in [1.165, 1.54) is 0 Å². The maximum Gasteiger partial charge on any atom is 0.281 e. The SMILES string of the molecule is CCC1CN(S(=O)(=O)N2CCCCCC2)CCC1O. The molecule has 0 radical (unpaired) electrons. The van der Waals surface area contributed by atoms with Gasteiger partial charge in [-0.2, -0.15) is 17.0 Å². The standard InChI is InChI=1S/C13H26N2O3S/c1-2-12-11-15(10-7-13(12)16)19(17,18)14-8-5-3-4-6-9-14/h12-13,16H,2-11H2,1H3. The molecule has 5 nitrogen and oxygen atoms in total. The topological polar surface area (TPSA) is 60.9 Å². The molecule has 2 rings (SSSR count). The molecule has 112 valence electrons. The van der Waals surface area contributed by atoms with Crippen molar-refractivity contribution in [1.82, 2.24) is 8.61 Å². The summed E-state index contributed by atoms with van der Waals surface area (Å²) in [4.78, 5) is 0. The first-order chi connectivity index (χ1) is 9.05. The maximum absolute atomic E-state index is 12.6. The van der Waals surface area contributed by atoms with Crippen LogP contribution in [0.4, 0.5) is 0 Å². The number of aliphatic hydroxyl groups is 1. The summed E-state index contributed by atoms with van der Waals surface area (Å²) in [5, 5.41) is 9.87. The molecule has 2 saturated heterocycles. The molecule has 6 heteroatoms. The fraction of sp³-hybridized carbons (Fsp3) is 1.00. The highest BCUT2D eigenvalue weighted by Gasteiger charge is 2.36. The monoisotopic (exact) mass is 290 g/mol. The van der Waals surface area contributed by atoms with E-state index in [0.29, 0.717) is 32.6 Å². The lowest BCUT2D eigenvalue weighted by Crippen LogP contribution is -2.51. The summed E-state index contributed by atoms with van der Waals surface area (Å²) in [6.45, 7) is 4.24. The number of hydrogen-bond donors (Lipinski definition) is 1. The molecule has 2 heterocycles. The molecule has 0 saturated carbocycles. The van der Waals surface area contributed by atoms with Crippen LogP contribution >= 0.6 is 0 Å². The Bertz CT molecular complexity index is 377. The zero-order valence-corrected chi connectivity index (χ0v) is 12.6. The van der Waals surface area contributed by atoms with Gasteiger partial charge in [0.2, 0.25) is 0 Å². The molecule has 19 heavy (non-hydrogen) atoms. The summed E-state index contributed by atoms with van der Waals surface area (Å²) in [5.74, 6) is 0.0792. The van der Waals surface area contributed by atoms with Crippen molar-refractivity contribution in [2.75, 3.05) is 26.2 Å². The third-order valence-electron chi connectivity index (χ3n) is 4.40. The molecule has 1 N–H and O–H groups in total. The van der Waals surface area contributed by atoms with Crippen LogP contribution in [-0.4, -0.2) is 54.4 Å². The van der Waals surface area contributed by atoms with Crippen molar-refractivity contribution in [3.63, 3.8) is 0 Å². The Balaban J connectivity index is 2.06. The lowest BCUT2D eigenvalue weighted by Gasteiger charge is -2.37. The molecular formula is C13H26N2O3S. The summed E-state index contributed by atoms with van der Waals surface area (Å²) >= 11 is 0. The van der Waals surface area contributed by atoms with Gasteiger partial charge >= 0.3 is 0 Å². The Morgan fingerprint density at radius 1 is 1.05 bits per heavy atom. The lowest BCUT2D eigenvalue weighted by molar-refractivity contribution is 0.0502. The van der Waals surface area contributed by atoms with E-state index in [-0.39, 0.29) is 12.0 Å². The second kappa shape index (κ2) is 6.52. The van der Waals surface area contributed by atoms with Gasteiger partial charge in [-0.25, -0.2) is 0 Å². The zero-order valence-electron chi connectivity index (χ0n) is 11.8. The number of nitrogens with zero attached hydrogens (tertiary/aromatic N) is 2. The van der Waals surface area contributed by atoms with Gasteiger partial charge in [0.15, 0.2) is 0 Å². The smallest absolute Gasteiger partial charge is 0.281 e. The Labute approximate surface area is 116 Å². The van der Waals surface area contributed by atoms with Crippen LogP contribution in [0.3, 0.4) is 0 Å². The van der Waals surface area contributed by atoms with Crippen LogP contribution in [0.1, 0.15) is 45.4 Å². The average Bonchev–Trinajstić information content (AvgIpc) is 2.68. The molecule has 0 spiro atoms. The predicted octanol–water partition coefficient (Wildman–Crippen LogP) is 1.20. The van der Waals surface area contributed by atoms with Gasteiger partial charge in [0, 0.05) is 26.2 Å². The molecule has 0 aliphatic carbocycles. The fourth-order valence-electron chi connectivity index (χ4n) is 3.03. The Kier molecular flexibility index (Phi) is 5.22. The third kappa shape index (κ3) is 3.48. The predicted molar refractivity (Wildman–Crippen MR) is 74.9 cm³/mol. The van der Waals surface area contributed by atoms with E-state index in [9.17, 15) is 13.5 Å². The first-order valence-corrected chi connectivity index (χ1v) is 8.88. The van der Waals surface area contributed by atoms with Crippen LogP contribution in [-0.2, 0) is 10.2 Å². The minimum Gasteiger partial charge on any atom is -0.393 e. The molecule has 0 aromatic rings. The van der Waals surface area contributed by atoms with Gasteiger partial charge < -0.3 is 5.11 Å². The number of aliphatic hydroxyl groups excluding tert-OH is 1. The molecule has 0 aromatic heterocycles. The van der Waals surface area contributed by atoms with Crippen molar-refractivity contribution in [3.05, 3.63) is 0 Å². The van der Waals surface area contributed by atoms with Crippen LogP contribution in [0, 0.1) is 5.92 Å². The minimum absolute atomic E-state index is 0.0792. The molecular weight excluding hydrogens is 264 g/mol. The lowest BCUT2D eigenvalue weighted by atomic mass is 9.94. The number of rotatable bonds is 3. The molecule has 0 aromatic carbocycles. The summed E-state index contributed by atoms with van der Waals surface area (Å²) in [5.41, 5.74) is 0. The van der Waals surface area contributed by atoms with E-state index in [1.54, 1.807) is 8.61 Å². The van der Waals surface area contributed by atoms with E-state index in [2.05, 4.69) is 0 Å². The number of piperidine rings is 1. The molecule has 2 aliphatic heterocycles. The van der Waals surface area contributed by atoms with Crippen molar-refractivity contribution >= 4 is 10.2 Å². The molecule has 2 aliphatic rings. The zero-order chi connectivity index (χ0) is 13.9. The van der Waals surface area contributed by atoms with Gasteiger partial charge in [-0.1, -0.05) is 19.8 Å². The fourth-order valence-corrected chi connectivity index (χ4v) is 4.80. The molecule has 2 fully saturated rings. The Hall–Kier alpha value is -0.170. The number of hydrogen-bond acceptors (Lipinski definition) is 3. The van der Waals surface area contributed by atoms with Gasteiger partial charge in [-0.05, 0) is 31.6 Å². The summed E-state index contributed by atoms with van der Waals surface area (Å²) < 4.78 is 28.5. The van der Waals surface area contributed by atoms with Crippen LogP contribution in [0.2, 0.25) is 0 Å². The van der Waals surface area contributed by atoms with Crippen molar-refractivity contribution in [2.45, 2.75) is 51.6 Å². The normalized spacial score (nSPS) is 32.1. The summed E-state index contributed by atoms with van der Waals surface area (Å²) in [6.07, 6.45) is 5.23. The molecule has 0 bridgehead atoms. The van der Waals surface area contributed by atoms with Crippen LogP contribution in [0.5, 0.6) is 0 Å². The summed E-state index contributed by atoms with van der Waals surface area (Å²) in [6, 6.07) is 0. The summed E-state index contributed by atoms with van der Waals surface area (Å²) in [7, 11) is -3.32. The van der Waals surface area contributed by atoms with Crippen molar-refractivity contribution < 1.29 is 13.5 Å². The highest BCUT2D eigenvalue weighted by molar-refractivity contribution is 7.86. The van der Waals surface area contributed by atoms with Crippen molar-refractivity contribution in [2.24, 2.45) is 5.92 Å². The molecule has 2 unspecified atom stereocenters. The molecule has 2 atom stereocenters. The third-order valence-corrected chi connectivity index (χ3v) is 6.40. The first kappa shape index (κ1) is 15.2. The quantitative estimate of drug-likeness (QED) is 0.849. The van der Waals surface area contributed by atoms with E-state index >= 15 is 0 Å². The van der Waals surface area contributed by atoms with E-state index < -0.39 is 10.2 Å². The van der Waals surface area contributed by atoms with Gasteiger partial charge in [-0.3, -0.25) is 0 Å². The van der Waals surface area contributed by atoms with Gasteiger partial charge in [0.05, 0.1) is 6.10 Å². The van der Waals surface area contributed by atoms with E-state index in [0.717, 1.165) is 32.1 Å². The highest BCUT2D eigenvalue weighted by Crippen LogP contribution is 2.25. The second-order valence-electron chi connectivity index (χ2n) is 5.70. The van der Waals surface area contributed by atoms with Crippen LogP contribution in [0.25, 0.3) is 0 Å². The highest BCUT2D eigenvalue weighted by atomic mass is 32.2. The van der Waals surface area contributed by atoms with Gasteiger partial charge in [-0.15, -0.1) is 0 Å². The largest absolute Gasteiger partial charge is 0.393 e. The van der Waals surface area contributed by atoms with Gasteiger partial charge in [0.25, 0.3) is 10.2 Å². The Morgan fingerprint density at radius 2 is 1.68 bits per heavy atom.